The van der Waals surface area contributed by atoms with Crippen molar-refractivity contribution in [1.82, 2.24) is 20.1 Å². The highest BCUT2D eigenvalue weighted by Crippen LogP contribution is 2.26. The van der Waals surface area contributed by atoms with Crippen LogP contribution in [0, 0.1) is 20.8 Å². The molecule has 1 aromatic carbocycles. The second-order valence-corrected chi connectivity index (χ2v) is 8.72. The summed E-state index contributed by atoms with van der Waals surface area (Å²) in [5.41, 5.74) is 6.01. The van der Waals surface area contributed by atoms with Crippen LogP contribution in [0.4, 0.5) is 0 Å². The zero-order valence-electron chi connectivity index (χ0n) is 16.2. The van der Waals surface area contributed by atoms with Gasteiger partial charge in [0.15, 0.2) is 0 Å². The van der Waals surface area contributed by atoms with E-state index in [9.17, 15) is 4.79 Å². The fourth-order valence-corrected chi connectivity index (χ4v) is 4.87. The van der Waals surface area contributed by atoms with E-state index in [0.29, 0.717) is 5.56 Å². The molecule has 142 valence electrons. The van der Waals surface area contributed by atoms with Crippen LogP contribution in [0.5, 0.6) is 0 Å². The van der Waals surface area contributed by atoms with Crippen LogP contribution in [0.25, 0.3) is 0 Å². The molecule has 2 heterocycles. The summed E-state index contributed by atoms with van der Waals surface area (Å²) in [7, 11) is 1.92. The molecule has 1 atom stereocenters. The summed E-state index contributed by atoms with van der Waals surface area (Å²) in [6.07, 6.45) is 0. The molecule has 1 amide bonds. The zero-order chi connectivity index (χ0) is 19.6. The van der Waals surface area contributed by atoms with Gasteiger partial charge in [-0.05, 0) is 45.4 Å². The minimum Gasteiger partial charge on any atom is -0.345 e. The van der Waals surface area contributed by atoms with Crippen LogP contribution in [-0.4, -0.2) is 20.7 Å². The van der Waals surface area contributed by atoms with Crippen molar-refractivity contribution in [1.29, 1.82) is 0 Å². The second-order valence-electron chi connectivity index (χ2n) is 6.64. The first-order valence-electron chi connectivity index (χ1n) is 8.80. The summed E-state index contributed by atoms with van der Waals surface area (Å²) < 4.78 is 2.93. The predicted octanol–water partition coefficient (Wildman–Crippen LogP) is 4.59. The summed E-state index contributed by atoms with van der Waals surface area (Å²) in [5, 5.41) is 9.57. The first kappa shape index (κ1) is 19.6. The van der Waals surface area contributed by atoms with Gasteiger partial charge >= 0.3 is 0 Å². The van der Waals surface area contributed by atoms with Crippen LogP contribution < -0.4 is 5.32 Å². The van der Waals surface area contributed by atoms with Crippen molar-refractivity contribution in [3.05, 3.63) is 63.4 Å². The SMILES string of the molecule is Cc1csc(SCc2ccc(C(=O)NC(C)c3c(C)nn(C)c3C)cc2)n1. The molecule has 0 saturated carbocycles. The van der Waals surface area contributed by atoms with Gasteiger partial charge in [0.25, 0.3) is 5.91 Å². The molecular weight excluding hydrogens is 376 g/mol. The van der Waals surface area contributed by atoms with E-state index < -0.39 is 0 Å². The van der Waals surface area contributed by atoms with Crippen LogP contribution in [0.15, 0.2) is 34.0 Å². The van der Waals surface area contributed by atoms with E-state index in [4.69, 9.17) is 0 Å². The molecule has 5 nitrogen and oxygen atoms in total. The Kier molecular flexibility index (Phi) is 6.01. The predicted molar refractivity (Wildman–Crippen MR) is 111 cm³/mol. The zero-order valence-corrected chi connectivity index (χ0v) is 17.9. The van der Waals surface area contributed by atoms with Gasteiger partial charge in [-0.2, -0.15) is 5.10 Å². The van der Waals surface area contributed by atoms with Crippen molar-refractivity contribution in [2.24, 2.45) is 7.05 Å². The number of rotatable bonds is 6. The molecule has 1 unspecified atom stereocenters. The van der Waals surface area contributed by atoms with Gasteiger partial charge in [0, 0.05) is 40.7 Å². The van der Waals surface area contributed by atoms with Gasteiger partial charge in [-0.25, -0.2) is 4.98 Å². The number of carbonyl (C=O) groups is 1. The molecule has 3 rings (SSSR count). The van der Waals surface area contributed by atoms with Crippen molar-refractivity contribution in [2.75, 3.05) is 0 Å². The van der Waals surface area contributed by atoms with E-state index in [1.807, 2.05) is 63.7 Å². The van der Waals surface area contributed by atoms with Crippen LogP contribution in [-0.2, 0) is 12.8 Å². The summed E-state index contributed by atoms with van der Waals surface area (Å²) in [4.78, 5) is 17.1. The van der Waals surface area contributed by atoms with Crippen LogP contribution in [0.3, 0.4) is 0 Å². The molecule has 0 spiro atoms. The number of thiazole rings is 1. The molecule has 27 heavy (non-hydrogen) atoms. The van der Waals surface area contributed by atoms with Crippen LogP contribution >= 0.6 is 23.1 Å². The fraction of sp³-hybridized carbons (Fsp3) is 0.350. The number of benzene rings is 1. The maximum atomic E-state index is 12.6. The summed E-state index contributed by atoms with van der Waals surface area (Å²) >= 11 is 3.39. The minimum absolute atomic E-state index is 0.0695. The van der Waals surface area contributed by atoms with Gasteiger partial charge in [-0.1, -0.05) is 23.9 Å². The van der Waals surface area contributed by atoms with E-state index in [-0.39, 0.29) is 11.9 Å². The number of nitrogens with one attached hydrogen (secondary N) is 1. The highest BCUT2D eigenvalue weighted by molar-refractivity contribution is 8.00. The number of amides is 1. The maximum absolute atomic E-state index is 12.6. The smallest absolute Gasteiger partial charge is 0.251 e. The van der Waals surface area contributed by atoms with Crippen molar-refractivity contribution in [3.8, 4) is 0 Å². The highest BCUT2D eigenvalue weighted by atomic mass is 32.2. The Morgan fingerprint density at radius 2 is 1.96 bits per heavy atom. The normalized spacial score (nSPS) is 12.2. The van der Waals surface area contributed by atoms with Gasteiger partial charge in [0.05, 0.1) is 11.7 Å². The molecule has 0 bridgehead atoms. The summed E-state index contributed by atoms with van der Waals surface area (Å²) in [5.74, 6) is 0.777. The Hall–Kier alpha value is -2.12. The fourth-order valence-electron chi connectivity index (χ4n) is 3.06. The Morgan fingerprint density at radius 3 is 2.52 bits per heavy atom. The molecule has 0 saturated heterocycles. The topological polar surface area (TPSA) is 59.8 Å². The van der Waals surface area contributed by atoms with Crippen molar-refractivity contribution >= 4 is 29.0 Å². The average molecular weight is 401 g/mol. The number of thioether (sulfide) groups is 1. The molecular formula is C20H24N4OS2. The van der Waals surface area contributed by atoms with E-state index in [1.54, 1.807) is 23.1 Å². The van der Waals surface area contributed by atoms with Crippen molar-refractivity contribution < 1.29 is 4.79 Å². The lowest BCUT2D eigenvalue weighted by atomic mass is 10.1. The molecule has 7 heteroatoms. The summed E-state index contributed by atoms with van der Waals surface area (Å²) in [6.45, 7) is 8.00. The molecule has 0 aliphatic heterocycles. The Labute approximate surface area is 168 Å². The van der Waals surface area contributed by atoms with Gasteiger partial charge in [0.2, 0.25) is 0 Å². The monoisotopic (exact) mass is 400 g/mol. The van der Waals surface area contributed by atoms with Gasteiger partial charge in [-0.15, -0.1) is 11.3 Å². The number of aromatic nitrogens is 3. The maximum Gasteiger partial charge on any atom is 0.251 e. The highest BCUT2D eigenvalue weighted by Gasteiger charge is 2.18. The lowest BCUT2D eigenvalue weighted by Gasteiger charge is -2.15. The Bertz CT molecular complexity index is 944. The number of carbonyl (C=O) groups excluding carboxylic acids is 1. The summed E-state index contributed by atoms with van der Waals surface area (Å²) in [6, 6.07) is 7.69. The molecule has 0 radical (unpaired) electrons. The standard InChI is InChI=1S/C20H24N4OS2/c1-12-10-26-20(21-12)27-11-16-6-8-17(9-7-16)19(25)22-13(2)18-14(3)23-24(5)15(18)4/h6-10,13H,11H2,1-5H3,(H,22,25). The van der Waals surface area contributed by atoms with Crippen molar-refractivity contribution in [3.63, 3.8) is 0 Å². The number of hydrogen-bond donors (Lipinski definition) is 1. The largest absolute Gasteiger partial charge is 0.345 e. The molecule has 0 aliphatic rings. The Morgan fingerprint density at radius 1 is 1.26 bits per heavy atom. The molecule has 0 fully saturated rings. The average Bonchev–Trinajstić information content (AvgIpc) is 3.16. The van der Waals surface area contributed by atoms with E-state index >= 15 is 0 Å². The van der Waals surface area contributed by atoms with Crippen molar-refractivity contribution in [2.45, 2.75) is 43.8 Å². The third-order valence-electron chi connectivity index (χ3n) is 4.52. The molecule has 2 aromatic heterocycles. The van der Waals surface area contributed by atoms with E-state index in [0.717, 1.165) is 32.7 Å². The van der Waals surface area contributed by atoms with E-state index in [2.05, 4.69) is 20.8 Å². The minimum atomic E-state index is -0.0884. The number of nitrogens with zero attached hydrogens (tertiary/aromatic N) is 3. The van der Waals surface area contributed by atoms with Crippen LogP contribution in [0.2, 0.25) is 0 Å². The third-order valence-corrected chi connectivity index (χ3v) is 6.73. The Balaban J connectivity index is 1.61. The third kappa shape index (κ3) is 4.59. The quantitative estimate of drug-likeness (QED) is 0.615. The van der Waals surface area contributed by atoms with Gasteiger partial charge < -0.3 is 5.32 Å². The van der Waals surface area contributed by atoms with Crippen LogP contribution in [0.1, 0.15) is 51.5 Å². The molecule has 1 N–H and O–H groups in total. The van der Waals surface area contributed by atoms with E-state index in [1.165, 1.54) is 5.56 Å². The lowest BCUT2D eigenvalue weighted by molar-refractivity contribution is 0.0939. The number of hydrogen-bond acceptors (Lipinski definition) is 5. The molecule has 3 aromatic rings. The number of aryl methyl sites for hydroxylation is 3. The lowest BCUT2D eigenvalue weighted by Crippen LogP contribution is -2.27. The second kappa shape index (κ2) is 8.27. The first-order chi connectivity index (χ1) is 12.8. The van der Waals surface area contributed by atoms with Gasteiger partial charge in [-0.3, -0.25) is 9.48 Å². The first-order valence-corrected chi connectivity index (χ1v) is 10.7. The molecule has 0 aliphatic carbocycles. The van der Waals surface area contributed by atoms with Gasteiger partial charge in [0.1, 0.15) is 4.34 Å².